The number of carboxylic acid groups (broad SMARTS) is 1. The van der Waals surface area contributed by atoms with Crippen molar-refractivity contribution in [2.24, 2.45) is 5.92 Å². The van der Waals surface area contributed by atoms with Gasteiger partial charge in [-0.3, -0.25) is 9.59 Å². The maximum Gasteiger partial charge on any atom is 0.315 e. The molecule has 1 atom stereocenters. The highest BCUT2D eigenvalue weighted by atomic mass is 79.9. The number of halogens is 1. The lowest BCUT2D eigenvalue weighted by Gasteiger charge is -2.09. The first kappa shape index (κ1) is 13.2. The van der Waals surface area contributed by atoms with Crippen LogP contribution >= 0.6 is 15.9 Å². The van der Waals surface area contributed by atoms with E-state index in [0.29, 0.717) is 15.7 Å². The van der Waals surface area contributed by atoms with Gasteiger partial charge in [0.05, 0.1) is 17.3 Å². The Labute approximate surface area is 106 Å². The topological polar surface area (TPSA) is 90.2 Å². The second kappa shape index (κ2) is 5.46. The first-order valence-corrected chi connectivity index (χ1v) is 5.48. The average molecular weight is 297 g/mol. The average Bonchev–Trinajstić information content (AvgIpc) is 2.30. The van der Waals surface area contributed by atoms with E-state index in [9.17, 15) is 9.59 Å². The number of hydrogen-bond acceptors (Lipinski definition) is 3. The minimum atomic E-state index is -1.19. The number of aliphatic carboxylic acids is 1. The van der Waals surface area contributed by atoms with Crippen molar-refractivity contribution < 1.29 is 14.7 Å². The highest BCUT2D eigenvalue weighted by molar-refractivity contribution is 9.10. The normalized spacial score (nSPS) is 11.4. The van der Waals surface area contributed by atoms with Gasteiger partial charge in [-0.1, -0.05) is 0 Å². The Balaban J connectivity index is 2.87. The lowest BCUT2D eigenvalue weighted by atomic mass is 10.1. The minimum absolute atomic E-state index is 0.433. The number of anilines is 1. The van der Waals surface area contributed by atoms with Crippen LogP contribution in [0.15, 0.2) is 22.7 Å². The predicted molar refractivity (Wildman–Crippen MR) is 64.3 cm³/mol. The summed E-state index contributed by atoms with van der Waals surface area (Å²) in [5.74, 6) is -2.92. The smallest absolute Gasteiger partial charge is 0.315 e. The fourth-order valence-corrected chi connectivity index (χ4v) is 1.52. The summed E-state index contributed by atoms with van der Waals surface area (Å²) in [5.41, 5.74) is 0.878. The molecule has 1 amide bonds. The second-order valence-electron chi connectivity index (χ2n) is 3.36. The zero-order valence-electron chi connectivity index (χ0n) is 8.90. The van der Waals surface area contributed by atoms with Gasteiger partial charge in [0.15, 0.2) is 0 Å². The molecular weight excluding hydrogens is 288 g/mol. The Hall–Kier alpha value is -1.87. The van der Waals surface area contributed by atoms with Crippen LogP contribution in [-0.4, -0.2) is 17.0 Å². The van der Waals surface area contributed by atoms with Gasteiger partial charge in [-0.2, -0.15) is 5.26 Å². The number of hydrogen-bond donors (Lipinski definition) is 2. The Morgan fingerprint density at radius 3 is 2.65 bits per heavy atom. The molecule has 1 aromatic rings. The molecule has 1 aromatic carbocycles. The number of carbonyl (C=O) groups excluding carboxylic acids is 1. The van der Waals surface area contributed by atoms with Gasteiger partial charge in [0.2, 0.25) is 5.91 Å². The van der Waals surface area contributed by atoms with Crippen LogP contribution < -0.4 is 5.32 Å². The van der Waals surface area contributed by atoms with Crippen LogP contribution in [-0.2, 0) is 9.59 Å². The van der Waals surface area contributed by atoms with Gasteiger partial charge in [0.1, 0.15) is 5.92 Å². The largest absolute Gasteiger partial charge is 0.481 e. The lowest BCUT2D eigenvalue weighted by Crippen LogP contribution is -2.27. The summed E-state index contributed by atoms with van der Waals surface area (Å²) in [5, 5.41) is 19.8. The fourth-order valence-electron chi connectivity index (χ4n) is 1.04. The number of benzene rings is 1. The number of nitrogens with one attached hydrogen (secondary N) is 1. The lowest BCUT2D eigenvalue weighted by molar-refractivity contribution is -0.144. The van der Waals surface area contributed by atoms with Crippen molar-refractivity contribution in [2.45, 2.75) is 6.92 Å². The molecule has 17 heavy (non-hydrogen) atoms. The van der Waals surface area contributed by atoms with Crippen LogP contribution in [0.25, 0.3) is 0 Å². The summed E-state index contributed by atoms with van der Waals surface area (Å²) in [7, 11) is 0. The molecule has 1 unspecified atom stereocenters. The first-order chi connectivity index (χ1) is 7.95. The summed E-state index contributed by atoms with van der Waals surface area (Å²) in [4.78, 5) is 22.1. The van der Waals surface area contributed by atoms with E-state index >= 15 is 0 Å². The Kier molecular flexibility index (Phi) is 4.24. The molecule has 1 rings (SSSR count). The molecule has 0 aliphatic rings. The van der Waals surface area contributed by atoms with Gasteiger partial charge in [-0.05, 0) is 41.1 Å². The molecule has 0 aromatic heterocycles. The predicted octanol–water partition coefficient (Wildman–Crippen LogP) is 1.98. The standard InChI is InChI=1S/C11H9BrN2O3/c1-6(11(16)17)10(15)14-9-3-2-7(5-13)4-8(9)12/h2-4,6H,1H3,(H,14,15)(H,16,17). The molecule has 6 heteroatoms. The van der Waals surface area contributed by atoms with Crippen molar-refractivity contribution in [3.63, 3.8) is 0 Å². The molecule has 0 saturated carbocycles. The third-order valence-electron chi connectivity index (χ3n) is 2.12. The number of amides is 1. The van der Waals surface area contributed by atoms with E-state index in [1.54, 1.807) is 6.07 Å². The monoisotopic (exact) mass is 296 g/mol. The van der Waals surface area contributed by atoms with E-state index in [1.807, 2.05) is 6.07 Å². The molecule has 0 fully saturated rings. The van der Waals surface area contributed by atoms with Crippen LogP contribution in [0.1, 0.15) is 12.5 Å². The summed E-state index contributed by atoms with van der Waals surface area (Å²) >= 11 is 3.19. The molecule has 2 N–H and O–H groups in total. The van der Waals surface area contributed by atoms with Crippen LogP contribution in [0.2, 0.25) is 0 Å². The number of carbonyl (C=O) groups is 2. The molecule has 5 nitrogen and oxygen atoms in total. The molecule has 0 aliphatic carbocycles. The highest BCUT2D eigenvalue weighted by Gasteiger charge is 2.21. The van der Waals surface area contributed by atoms with Gasteiger partial charge in [-0.25, -0.2) is 0 Å². The minimum Gasteiger partial charge on any atom is -0.481 e. The first-order valence-electron chi connectivity index (χ1n) is 4.69. The zero-order chi connectivity index (χ0) is 13.0. The number of nitriles is 1. The van der Waals surface area contributed by atoms with Crippen LogP contribution in [0.5, 0.6) is 0 Å². The Morgan fingerprint density at radius 1 is 1.53 bits per heavy atom. The third kappa shape index (κ3) is 3.29. The number of carboxylic acids is 1. The quantitative estimate of drug-likeness (QED) is 0.835. The summed E-state index contributed by atoms with van der Waals surface area (Å²) in [6.07, 6.45) is 0. The van der Waals surface area contributed by atoms with Crippen molar-refractivity contribution in [1.82, 2.24) is 0 Å². The van der Waals surface area contributed by atoms with Crippen LogP contribution in [0.3, 0.4) is 0 Å². The molecule has 0 bridgehead atoms. The molecule has 88 valence electrons. The van der Waals surface area contributed by atoms with Crippen molar-refractivity contribution in [3.05, 3.63) is 28.2 Å². The summed E-state index contributed by atoms with van der Waals surface area (Å²) in [6.45, 7) is 1.30. The van der Waals surface area contributed by atoms with E-state index < -0.39 is 17.8 Å². The Bertz CT molecular complexity index is 508. The highest BCUT2D eigenvalue weighted by Crippen LogP contribution is 2.23. The van der Waals surface area contributed by atoms with E-state index in [-0.39, 0.29) is 0 Å². The molecule has 0 heterocycles. The molecular formula is C11H9BrN2O3. The van der Waals surface area contributed by atoms with Crippen molar-refractivity contribution in [3.8, 4) is 6.07 Å². The van der Waals surface area contributed by atoms with E-state index in [4.69, 9.17) is 10.4 Å². The van der Waals surface area contributed by atoms with E-state index in [2.05, 4.69) is 21.2 Å². The summed E-state index contributed by atoms with van der Waals surface area (Å²) < 4.78 is 0.530. The van der Waals surface area contributed by atoms with Gasteiger partial charge in [-0.15, -0.1) is 0 Å². The third-order valence-corrected chi connectivity index (χ3v) is 2.78. The maximum atomic E-state index is 11.5. The van der Waals surface area contributed by atoms with Crippen LogP contribution in [0, 0.1) is 17.2 Å². The van der Waals surface area contributed by atoms with E-state index in [0.717, 1.165) is 0 Å². The summed E-state index contributed by atoms with van der Waals surface area (Å²) in [6, 6.07) is 6.57. The molecule has 0 spiro atoms. The SMILES string of the molecule is CC(C(=O)O)C(=O)Nc1ccc(C#N)cc1Br. The van der Waals surface area contributed by atoms with E-state index in [1.165, 1.54) is 19.1 Å². The maximum absolute atomic E-state index is 11.5. The van der Waals surface area contributed by atoms with Gasteiger partial charge in [0.25, 0.3) is 0 Å². The molecule has 0 radical (unpaired) electrons. The van der Waals surface area contributed by atoms with Crippen molar-refractivity contribution >= 4 is 33.5 Å². The zero-order valence-corrected chi connectivity index (χ0v) is 10.5. The second-order valence-corrected chi connectivity index (χ2v) is 4.21. The van der Waals surface area contributed by atoms with Crippen molar-refractivity contribution in [1.29, 1.82) is 5.26 Å². The fraction of sp³-hybridized carbons (Fsp3) is 0.182. The van der Waals surface area contributed by atoms with Gasteiger partial charge in [0, 0.05) is 4.47 Å². The van der Waals surface area contributed by atoms with Gasteiger partial charge < -0.3 is 10.4 Å². The molecule has 0 aliphatic heterocycles. The number of rotatable bonds is 3. The van der Waals surface area contributed by atoms with Gasteiger partial charge >= 0.3 is 5.97 Å². The van der Waals surface area contributed by atoms with Crippen LogP contribution in [0.4, 0.5) is 5.69 Å². The number of nitrogens with zero attached hydrogens (tertiary/aromatic N) is 1. The molecule has 0 saturated heterocycles. The Morgan fingerprint density at radius 2 is 2.18 bits per heavy atom. The van der Waals surface area contributed by atoms with Crippen molar-refractivity contribution in [2.75, 3.05) is 5.32 Å².